The summed E-state index contributed by atoms with van der Waals surface area (Å²) in [6, 6.07) is 15.2. The lowest BCUT2D eigenvalue weighted by atomic mass is 10.2. The molecule has 0 saturated carbocycles. The molecule has 1 nitrogen and oxygen atoms in total. The maximum absolute atomic E-state index is 13.8. The van der Waals surface area contributed by atoms with Crippen LogP contribution in [0.2, 0.25) is 5.02 Å². The van der Waals surface area contributed by atoms with E-state index in [4.69, 9.17) is 11.6 Å². The highest BCUT2D eigenvalue weighted by molar-refractivity contribution is 6.30. The van der Waals surface area contributed by atoms with E-state index in [0.717, 1.165) is 10.9 Å². The van der Waals surface area contributed by atoms with Crippen LogP contribution in [0, 0.1) is 5.82 Å². The lowest BCUT2D eigenvalue weighted by Gasteiger charge is -2.07. The second-order valence-corrected chi connectivity index (χ2v) is 4.62. The molecule has 3 aromatic rings. The van der Waals surface area contributed by atoms with Gasteiger partial charge in [-0.05, 0) is 23.6 Å². The molecule has 0 aliphatic heterocycles. The van der Waals surface area contributed by atoms with E-state index in [0.29, 0.717) is 12.1 Å². The molecule has 0 atom stereocenters. The van der Waals surface area contributed by atoms with Crippen molar-refractivity contribution in [2.45, 2.75) is 6.54 Å². The SMILES string of the molecule is Fc1c(Cl)cccc1Cn1ccc2ccccc21. The fraction of sp³-hybridized carbons (Fsp3) is 0.0667. The van der Waals surface area contributed by atoms with Gasteiger partial charge in [0.25, 0.3) is 0 Å². The van der Waals surface area contributed by atoms with E-state index in [2.05, 4.69) is 0 Å². The minimum atomic E-state index is -0.336. The molecule has 0 fully saturated rings. The number of hydrogen-bond acceptors (Lipinski definition) is 0. The second kappa shape index (κ2) is 4.46. The normalized spacial score (nSPS) is 11.0. The van der Waals surface area contributed by atoms with Crippen molar-refractivity contribution in [1.82, 2.24) is 4.57 Å². The zero-order chi connectivity index (χ0) is 12.5. The van der Waals surface area contributed by atoms with Crippen LogP contribution >= 0.6 is 11.6 Å². The second-order valence-electron chi connectivity index (χ2n) is 4.22. The molecule has 0 unspecified atom stereocenters. The average Bonchev–Trinajstić information content (AvgIpc) is 2.79. The molecule has 1 aromatic heterocycles. The van der Waals surface area contributed by atoms with Gasteiger partial charge in [0.1, 0.15) is 5.82 Å². The monoisotopic (exact) mass is 259 g/mol. The van der Waals surface area contributed by atoms with Crippen LogP contribution in [-0.4, -0.2) is 4.57 Å². The molecule has 0 bridgehead atoms. The van der Waals surface area contributed by atoms with Crippen LogP contribution in [0.15, 0.2) is 54.7 Å². The number of fused-ring (bicyclic) bond motifs is 1. The van der Waals surface area contributed by atoms with Crippen molar-refractivity contribution in [3.8, 4) is 0 Å². The molecule has 0 aliphatic carbocycles. The van der Waals surface area contributed by atoms with Gasteiger partial charge in [-0.25, -0.2) is 4.39 Å². The van der Waals surface area contributed by atoms with Crippen molar-refractivity contribution < 1.29 is 4.39 Å². The highest BCUT2D eigenvalue weighted by Gasteiger charge is 2.08. The highest BCUT2D eigenvalue weighted by Crippen LogP contribution is 2.21. The van der Waals surface area contributed by atoms with E-state index in [1.807, 2.05) is 41.1 Å². The molecule has 3 heteroatoms. The zero-order valence-electron chi connectivity index (χ0n) is 9.61. The maximum atomic E-state index is 13.8. The predicted molar refractivity (Wildman–Crippen MR) is 72.5 cm³/mol. The smallest absolute Gasteiger partial charge is 0.146 e. The molecular formula is C15H11ClFN. The minimum Gasteiger partial charge on any atom is -0.343 e. The maximum Gasteiger partial charge on any atom is 0.146 e. The van der Waals surface area contributed by atoms with Gasteiger partial charge >= 0.3 is 0 Å². The Bertz CT molecular complexity index is 703. The van der Waals surface area contributed by atoms with E-state index in [1.54, 1.807) is 18.2 Å². The fourth-order valence-corrected chi connectivity index (χ4v) is 2.33. The summed E-state index contributed by atoms with van der Waals surface area (Å²) in [7, 11) is 0. The molecule has 18 heavy (non-hydrogen) atoms. The molecule has 0 N–H and O–H groups in total. The number of aromatic nitrogens is 1. The molecule has 1 heterocycles. The summed E-state index contributed by atoms with van der Waals surface area (Å²) in [4.78, 5) is 0. The molecule has 0 spiro atoms. The van der Waals surface area contributed by atoms with Gasteiger partial charge in [0.05, 0.1) is 11.6 Å². The number of halogens is 2. The standard InChI is InChI=1S/C15H11ClFN/c16-13-6-3-5-12(15(13)17)10-18-9-8-11-4-1-2-7-14(11)18/h1-9H,10H2. The summed E-state index contributed by atoms with van der Waals surface area (Å²) >= 11 is 5.79. The Morgan fingerprint density at radius 3 is 2.72 bits per heavy atom. The largest absolute Gasteiger partial charge is 0.343 e. The van der Waals surface area contributed by atoms with Crippen LogP contribution in [0.1, 0.15) is 5.56 Å². The highest BCUT2D eigenvalue weighted by atomic mass is 35.5. The third-order valence-electron chi connectivity index (χ3n) is 3.05. The molecule has 2 aromatic carbocycles. The van der Waals surface area contributed by atoms with Crippen LogP contribution in [0.4, 0.5) is 4.39 Å². The Kier molecular flexibility index (Phi) is 2.80. The van der Waals surface area contributed by atoms with Crippen LogP contribution in [-0.2, 0) is 6.54 Å². The lowest BCUT2D eigenvalue weighted by Crippen LogP contribution is -2.00. The van der Waals surface area contributed by atoms with Crippen molar-refractivity contribution in [2.75, 3.05) is 0 Å². The van der Waals surface area contributed by atoms with Gasteiger partial charge in [0.15, 0.2) is 0 Å². The Labute approximate surface area is 109 Å². The van der Waals surface area contributed by atoms with Crippen LogP contribution < -0.4 is 0 Å². The van der Waals surface area contributed by atoms with Crippen molar-refractivity contribution in [1.29, 1.82) is 0 Å². The van der Waals surface area contributed by atoms with Crippen molar-refractivity contribution in [3.05, 3.63) is 71.1 Å². The molecule has 0 saturated heterocycles. The fourth-order valence-electron chi connectivity index (χ4n) is 2.13. The van der Waals surface area contributed by atoms with Crippen LogP contribution in [0.3, 0.4) is 0 Å². The zero-order valence-corrected chi connectivity index (χ0v) is 10.4. The summed E-state index contributed by atoms with van der Waals surface area (Å²) in [5.74, 6) is -0.336. The number of hydrogen-bond donors (Lipinski definition) is 0. The summed E-state index contributed by atoms with van der Waals surface area (Å²) < 4.78 is 15.9. The molecule has 90 valence electrons. The van der Waals surface area contributed by atoms with Gasteiger partial charge in [0, 0.05) is 17.3 Å². The van der Waals surface area contributed by atoms with Crippen LogP contribution in [0.25, 0.3) is 10.9 Å². The molecular weight excluding hydrogens is 249 g/mol. The van der Waals surface area contributed by atoms with Crippen molar-refractivity contribution in [3.63, 3.8) is 0 Å². The van der Waals surface area contributed by atoms with Gasteiger partial charge in [-0.1, -0.05) is 41.9 Å². The first kappa shape index (κ1) is 11.3. The van der Waals surface area contributed by atoms with Crippen molar-refractivity contribution in [2.24, 2.45) is 0 Å². The summed E-state index contributed by atoms with van der Waals surface area (Å²) in [6.45, 7) is 0.486. The number of nitrogens with zero attached hydrogens (tertiary/aromatic N) is 1. The van der Waals surface area contributed by atoms with E-state index in [1.165, 1.54) is 0 Å². The van der Waals surface area contributed by atoms with Gasteiger partial charge in [0.2, 0.25) is 0 Å². The summed E-state index contributed by atoms with van der Waals surface area (Å²) in [5.41, 5.74) is 1.70. The Hall–Kier alpha value is -1.80. The first-order valence-corrected chi connectivity index (χ1v) is 6.10. The van der Waals surface area contributed by atoms with E-state index >= 15 is 0 Å². The van der Waals surface area contributed by atoms with E-state index < -0.39 is 0 Å². The lowest BCUT2D eigenvalue weighted by molar-refractivity contribution is 0.602. The molecule has 0 aliphatic rings. The van der Waals surface area contributed by atoms with E-state index in [9.17, 15) is 4.39 Å². The van der Waals surface area contributed by atoms with Crippen molar-refractivity contribution >= 4 is 22.5 Å². The van der Waals surface area contributed by atoms with E-state index in [-0.39, 0.29) is 10.8 Å². The molecule has 3 rings (SSSR count). The molecule has 0 amide bonds. The Morgan fingerprint density at radius 2 is 1.83 bits per heavy atom. The number of benzene rings is 2. The van der Waals surface area contributed by atoms with Gasteiger partial charge in [-0.15, -0.1) is 0 Å². The average molecular weight is 260 g/mol. The first-order valence-electron chi connectivity index (χ1n) is 5.72. The molecule has 0 radical (unpaired) electrons. The third kappa shape index (κ3) is 1.89. The Balaban J connectivity index is 2.04. The van der Waals surface area contributed by atoms with Gasteiger partial charge in [-0.3, -0.25) is 0 Å². The van der Waals surface area contributed by atoms with Gasteiger partial charge in [-0.2, -0.15) is 0 Å². The third-order valence-corrected chi connectivity index (χ3v) is 3.34. The van der Waals surface area contributed by atoms with Gasteiger partial charge < -0.3 is 4.57 Å². The summed E-state index contributed by atoms with van der Waals surface area (Å²) in [6.07, 6.45) is 1.96. The quantitative estimate of drug-likeness (QED) is 0.639. The topological polar surface area (TPSA) is 4.93 Å². The number of rotatable bonds is 2. The first-order chi connectivity index (χ1) is 8.75. The predicted octanol–water partition coefficient (Wildman–Crippen LogP) is 4.48. The summed E-state index contributed by atoms with van der Waals surface area (Å²) in [5, 5.41) is 1.32. The Morgan fingerprint density at radius 1 is 1.00 bits per heavy atom. The van der Waals surface area contributed by atoms with Crippen LogP contribution in [0.5, 0.6) is 0 Å². The number of para-hydroxylation sites is 1. The minimum absolute atomic E-state index is 0.170.